The molecule has 2 heterocycles. The van der Waals surface area contributed by atoms with Crippen molar-refractivity contribution >= 4 is 21.9 Å². The van der Waals surface area contributed by atoms with E-state index in [1.165, 1.54) is 0 Å². The fraction of sp³-hybridized carbons (Fsp3) is 0.400. The average Bonchev–Trinajstić information content (AvgIpc) is 2.31. The quantitative estimate of drug-likeness (QED) is 0.770. The van der Waals surface area contributed by atoms with Crippen molar-refractivity contribution in [2.24, 2.45) is 0 Å². The van der Waals surface area contributed by atoms with Crippen LogP contribution in [0.5, 0.6) is 5.88 Å². The minimum absolute atomic E-state index is 0.578. The summed E-state index contributed by atoms with van der Waals surface area (Å²) in [4.78, 5) is 10.7. The van der Waals surface area contributed by atoms with Crippen molar-refractivity contribution in [2.75, 3.05) is 25.1 Å². The monoisotopic (exact) mass is 269 g/mol. The van der Waals surface area contributed by atoms with Crippen molar-refractivity contribution in [3.63, 3.8) is 0 Å². The Morgan fingerprint density at radius 2 is 2.33 bits per heavy atom. The van der Waals surface area contributed by atoms with Crippen LogP contribution in [-0.4, -0.2) is 30.2 Å². The highest BCUT2D eigenvalue weighted by molar-refractivity contribution is 9.10. The maximum absolute atomic E-state index is 5.13. The molecule has 0 bridgehead atoms. The Kier molecular flexibility index (Phi) is 3.20. The number of nitrogens with zero attached hydrogens (tertiary/aromatic N) is 3. The highest BCUT2D eigenvalue weighted by Crippen LogP contribution is 2.23. The number of aromatic nitrogens is 2. The number of rotatable bonds is 2. The molecular formula is C10H12BrN3O. The third-order valence-electron chi connectivity index (χ3n) is 2.23. The first kappa shape index (κ1) is 10.4. The molecule has 1 aliphatic rings. The maximum atomic E-state index is 5.13. The Morgan fingerprint density at radius 1 is 1.47 bits per heavy atom. The number of halogens is 1. The fourth-order valence-electron chi connectivity index (χ4n) is 1.46. The van der Waals surface area contributed by atoms with E-state index in [1.807, 2.05) is 0 Å². The van der Waals surface area contributed by atoms with Crippen molar-refractivity contribution in [2.45, 2.75) is 6.42 Å². The SMILES string of the molecule is COc1nc(N2CC=CCC2)ncc1Br. The van der Waals surface area contributed by atoms with Crippen LogP contribution in [0.25, 0.3) is 0 Å². The summed E-state index contributed by atoms with van der Waals surface area (Å²) in [6.07, 6.45) is 7.06. The van der Waals surface area contributed by atoms with Gasteiger partial charge in [0.2, 0.25) is 11.8 Å². The summed E-state index contributed by atoms with van der Waals surface area (Å²) in [5.74, 6) is 1.30. The van der Waals surface area contributed by atoms with Crippen molar-refractivity contribution in [3.05, 3.63) is 22.8 Å². The molecular weight excluding hydrogens is 258 g/mol. The summed E-state index contributed by atoms with van der Waals surface area (Å²) in [6, 6.07) is 0. The second-order valence-corrected chi connectivity index (χ2v) is 4.09. The Balaban J connectivity index is 2.24. The number of anilines is 1. The normalized spacial score (nSPS) is 15.5. The summed E-state index contributed by atoms with van der Waals surface area (Å²) in [7, 11) is 1.60. The van der Waals surface area contributed by atoms with Gasteiger partial charge < -0.3 is 9.64 Å². The standard InChI is InChI=1S/C10H12BrN3O/c1-15-9-8(11)7-12-10(13-9)14-5-3-2-4-6-14/h2-3,7H,4-6H2,1H3. The van der Waals surface area contributed by atoms with Gasteiger partial charge in [-0.1, -0.05) is 12.2 Å². The molecule has 0 saturated carbocycles. The van der Waals surface area contributed by atoms with Crippen molar-refractivity contribution in [3.8, 4) is 5.88 Å². The van der Waals surface area contributed by atoms with Crippen LogP contribution in [0, 0.1) is 0 Å². The zero-order valence-corrected chi connectivity index (χ0v) is 10.1. The molecule has 5 heteroatoms. The van der Waals surface area contributed by atoms with Gasteiger partial charge in [-0.15, -0.1) is 0 Å². The summed E-state index contributed by atoms with van der Waals surface area (Å²) in [6.45, 7) is 1.83. The van der Waals surface area contributed by atoms with Crippen LogP contribution in [0.3, 0.4) is 0 Å². The molecule has 1 aromatic heterocycles. The molecule has 1 aliphatic heterocycles. The lowest BCUT2D eigenvalue weighted by atomic mass is 10.3. The Labute approximate surface area is 97.1 Å². The van der Waals surface area contributed by atoms with Gasteiger partial charge in [-0.3, -0.25) is 0 Å². The molecule has 0 N–H and O–H groups in total. The molecule has 4 nitrogen and oxygen atoms in total. The van der Waals surface area contributed by atoms with E-state index in [0.717, 1.165) is 29.9 Å². The molecule has 0 fully saturated rings. The van der Waals surface area contributed by atoms with Crippen LogP contribution >= 0.6 is 15.9 Å². The summed E-state index contributed by atoms with van der Waals surface area (Å²) in [5.41, 5.74) is 0. The van der Waals surface area contributed by atoms with Crippen LogP contribution in [0.2, 0.25) is 0 Å². The number of methoxy groups -OCH3 is 1. The van der Waals surface area contributed by atoms with Crippen LogP contribution in [0.4, 0.5) is 5.95 Å². The van der Waals surface area contributed by atoms with E-state index in [2.05, 4.69) is 42.9 Å². The molecule has 0 aliphatic carbocycles. The van der Waals surface area contributed by atoms with Gasteiger partial charge in [-0.25, -0.2) is 4.98 Å². The van der Waals surface area contributed by atoms with Crippen LogP contribution in [-0.2, 0) is 0 Å². The Hall–Kier alpha value is -1.10. The molecule has 0 amide bonds. The van der Waals surface area contributed by atoms with Crippen LogP contribution in [0.15, 0.2) is 22.8 Å². The van der Waals surface area contributed by atoms with Gasteiger partial charge in [-0.05, 0) is 22.4 Å². The Bertz CT molecular complexity index is 381. The molecule has 0 spiro atoms. The molecule has 1 aromatic rings. The predicted molar refractivity (Wildman–Crippen MR) is 62.3 cm³/mol. The molecule has 0 atom stereocenters. The molecule has 0 saturated heterocycles. The average molecular weight is 270 g/mol. The third-order valence-corrected chi connectivity index (χ3v) is 2.78. The zero-order chi connectivity index (χ0) is 10.7. The minimum Gasteiger partial charge on any atom is -0.480 e. The lowest BCUT2D eigenvalue weighted by Crippen LogP contribution is -2.28. The van der Waals surface area contributed by atoms with E-state index in [-0.39, 0.29) is 0 Å². The van der Waals surface area contributed by atoms with Crippen molar-refractivity contribution in [1.29, 1.82) is 0 Å². The highest BCUT2D eigenvalue weighted by atomic mass is 79.9. The lowest BCUT2D eigenvalue weighted by molar-refractivity contribution is 0.393. The largest absolute Gasteiger partial charge is 0.480 e. The summed E-state index contributed by atoms with van der Waals surface area (Å²) < 4.78 is 5.91. The van der Waals surface area contributed by atoms with Gasteiger partial charge in [0.05, 0.1) is 17.8 Å². The van der Waals surface area contributed by atoms with E-state index < -0.39 is 0 Å². The number of ether oxygens (including phenoxy) is 1. The van der Waals surface area contributed by atoms with Gasteiger partial charge in [-0.2, -0.15) is 4.98 Å². The molecule has 2 rings (SSSR count). The highest BCUT2D eigenvalue weighted by Gasteiger charge is 2.12. The first-order valence-corrected chi connectivity index (χ1v) is 5.57. The molecule has 80 valence electrons. The lowest BCUT2D eigenvalue weighted by Gasteiger charge is -2.23. The van der Waals surface area contributed by atoms with E-state index in [1.54, 1.807) is 13.3 Å². The van der Waals surface area contributed by atoms with E-state index in [0.29, 0.717) is 5.88 Å². The van der Waals surface area contributed by atoms with Gasteiger partial charge in [0.25, 0.3) is 0 Å². The maximum Gasteiger partial charge on any atom is 0.232 e. The second kappa shape index (κ2) is 4.61. The summed E-state index contributed by atoms with van der Waals surface area (Å²) in [5, 5.41) is 0. The first-order valence-electron chi connectivity index (χ1n) is 4.77. The van der Waals surface area contributed by atoms with Crippen LogP contribution < -0.4 is 9.64 Å². The van der Waals surface area contributed by atoms with E-state index >= 15 is 0 Å². The van der Waals surface area contributed by atoms with Gasteiger partial charge >= 0.3 is 0 Å². The molecule has 0 aromatic carbocycles. The predicted octanol–water partition coefficient (Wildman–Crippen LogP) is 2.01. The fourth-order valence-corrected chi connectivity index (χ4v) is 1.81. The molecule has 0 unspecified atom stereocenters. The third kappa shape index (κ3) is 2.28. The zero-order valence-electron chi connectivity index (χ0n) is 8.48. The second-order valence-electron chi connectivity index (χ2n) is 3.23. The van der Waals surface area contributed by atoms with Crippen molar-refractivity contribution < 1.29 is 4.74 Å². The van der Waals surface area contributed by atoms with Gasteiger partial charge in [0.1, 0.15) is 0 Å². The molecule has 15 heavy (non-hydrogen) atoms. The van der Waals surface area contributed by atoms with E-state index in [4.69, 9.17) is 4.74 Å². The smallest absolute Gasteiger partial charge is 0.232 e. The first-order chi connectivity index (χ1) is 7.31. The van der Waals surface area contributed by atoms with Crippen molar-refractivity contribution in [1.82, 2.24) is 9.97 Å². The van der Waals surface area contributed by atoms with Crippen LogP contribution in [0.1, 0.15) is 6.42 Å². The topological polar surface area (TPSA) is 38.2 Å². The Morgan fingerprint density at radius 3 is 3.00 bits per heavy atom. The number of hydrogen-bond acceptors (Lipinski definition) is 4. The van der Waals surface area contributed by atoms with Gasteiger partial charge in [0.15, 0.2) is 0 Å². The van der Waals surface area contributed by atoms with E-state index in [9.17, 15) is 0 Å². The summed E-state index contributed by atoms with van der Waals surface area (Å²) >= 11 is 3.33. The minimum atomic E-state index is 0.578. The van der Waals surface area contributed by atoms with Gasteiger partial charge in [0, 0.05) is 13.1 Å². The molecule has 0 radical (unpaired) electrons. The number of hydrogen-bond donors (Lipinski definition) is 0.